The second-order valence-electron chi connectivity index (χ2n) is 9.13. The molecule has 2 aromatic carbocycles. The van der Waals surface area contributed by atoms with E-state index >= 15 is 0 Å². The lowest BCUT2D eigenvalue weighted by atomic mass is 9.69. The predicted octanol–water partition coefficient (Wildman–Crippen LogP) is 4.78. The number of nitrogens with one attached hydrogen (secondary N) is 1. The van der Waals surface area contributed by atoms with Crippen molar-refractivity contribution in [3.8, 4) is 11.8 Å². The van der Waals surface area contributed by atoms with Crippen molar-refractivity contribution >= 4 is 34.9 Å². The minimum Gasteiger partial charge on any atom is -0.508 e. The lowest BCUT2D eigenvalue weighted by Crippen LogP contribution is -2.49. The number of hydrogen-bond acceptors (Lipinski definition) is 6. The zero-order valence-corrected chi connectivity index (χ0v) is 20.0. The van der Waals surface area contributed by atoms with Gasteiger partial charge in [0.05, 0.1) is 23.3 Å². The number of phenols is 1. The van der Waals surface area contributed by atoms with E-state index < -0.39 is 17.2 Å². The molecule has 7 nitrogen and oxygen atoms in total. The van der Waals surface area contributed by atoms with Crippen molar-refractivity contribution in [3.05, 3.63) is 86.3 Å². The first kappa shape index (κ1) is 23.7. The number of carbonyl (C=O) groups excluding carboxylic acids is 2. The average Bonchev–Trinajstić information content (AvgIpc) is 2.75. The molecule has 34 heavy (non-hydrogen) atoms. The minimum absolute atomic E-state index is 0.00916. The fraction of sp³-hybridized carbons (Fsp3) is 0.240. The molecule has 1 atom stereocenters. The van der Waals surface area contributed by atoms with E-state index in [1.54, 1.807) is 18.2 Å². The summed E-state index contributed by atoms with van der Waals surface area (Å²) in [6, 6.07) is 12.7. The molecular formula is C25H22Cl2N4O3. The van der Waals surface area contributed by atoms with Gasteiger partial charge in [0.2, 0.25) is 0 Å². The largest absolute Gasteiger partial charge is 0.508 e. The van der Waals surface area contributed by atoms with Crippen LogP contribution in [0.2, 0.25) is 10.0 Å². The molecule has 1 aliphatic heterocycles. The topological polar surface area (TPSA) is 119 Å². The van der Waals surface area contributed by atoms with Crippen LogP contribution in [-0.4, -0.2) is 21.8 Å². The number of aromatic hydroxyl groups is 1. The van der Waals surface area contributed by atoms with Crippen LogP contribution in [0.25, 0.3) is 0 Å². The number of carbonyl (C=O) groups is 2. The van der Waals surface area contributed by atoms with Gasteiger partial charge in [0, 0.05) is 27.6 Å². The van der Waals surface area contributed by atoms with Gasteiger partial charge in [-0.15, -0.1) is 0 Å². The number of benzene rings is 2. The van der Waals surface area contributed by atoms with Crippen LogP contribution in [-0.2, 0) is 4.79 Å². The Morgan fingerprint density at radius 1 is 1.21 bits per heavy atom. The van der Waals surface area contributed by atoms with Crippen LogP contribution in [0.3, 0.4) is 0 Å². The normalized spacial score (nSPS) is 19.6. The first-order valence-electron chi connectivity index (χ1n) is 10.5. The first-order valence-corrected chi connectivity index (χ1v) is 11.3. The Kier molecular flexibility index (Phi) is 6.07. The summed E-state index contributed by atoms with van der Waals surface area (Å²) in [5, 5.41) is 21.6. The number of ketones is 1. The van der Waals surface area contributed by atoms with Crippen molar-refractivity contribution in [2.45, 2.75) is 32.6 Å². The first-order chi connectivity index (χ1) is 16.0. The minimum atomic E-state index is -0.782. The van der Waals surface area contributed by atoms with E-state index in [1.807, 2.05) is 13.8 Å². The van der Waals surface area contributed by atoms with E-state index in [0.717, 1.165) is 0 Å². The van der Waals surface area contributed by atoms with Gasteiger partial charge in [-0.2, -0.15) is 5.26 Å². The summed E-state index contributed by atoms with van der Waals surface area (Å²) in [5.74, 6) is -1.41. The molecule has 2 aromatic rings. The van der Waals surface area contributed by atoms with Crippen LogP contribution < -0.4 is 11.2 Å². The van der Waals surface area contributed by atoms with Gasteiger partial charge >= 0.3 is 0 Å². The van der Waals surface area contributed by atoms with E-state index in [9.17, 15) is 20.0 Å². The maximum absolute atomic E-state index is 13.4. The molecule has 0 bridgehead atoms. The number of hydrazine groups is 1. The highest BCUT2D eigenvalue weighted by Crippen LogP contribution is 2.49. The zero-order valence-electron chi connectivity index (χ0n) is 18.5. The number of Topliss-reactive ketones (excluding diaryl/α,β-unsaturated/α-hetero) is 1. The Bertz CT molecular complexity index is 1310. The summed E-state index contributed by atoms with van der Waals surface area (Å²) in [6.07, 6.45) is 0.705. The van der Waals surface area contributed by atoms with Gasteiger partial charge in [0.15, 0.2) is 5.78 Å². The number of amides is 1. The molecule has 0 fully saturated rings. The maximum atomic E-state index is 13.4. The van der Waals surface area contributed by atoms with Gasteiger partial charge in [-0.25, -0.2) is 5.01 Å². The third-order valence-corrected chi connectivity index (χ3v) is 6.56. The molecule has 174 valence electrons. The molecule has 0 aromatic heterocycles. The number of halogens is 2. The van der Waals surface area contributed by atoms with Crippen LogP contribution in [0.15, 0.2) is 65.1 Å². The Balaban J connectivity index is 1.87. The Morgan fingerprint density at radius 3 is 2.50 bits per heavy atom. The van der Waals surface area contributed by atoms with Crippen LogP contribution in [0.4, 0.5) is 0 Å². The summed E-state index contributed by atoms with van der Waals surface area (Å²) < 4.78 is 0. The van der Waals surface area contributed by atoms with Crippen molar-refractivity contribution in [1.29, 1.82) is 5.26 Å². The Hall–Kier alpha value is -3.47. The van der Waals surface area contributed by atoms with Crippen LogP contribution in [0, 0.1) is 16.7 Å². The maximum Gasteiger partial charge on any atom is 0.270 e. The molecule has 1 unspecified atom stereocenters. The third kappa shape index (κ3) is 4.23. The number of nitrogens with two attached hydrogens (primary N) is 1. The molecule has 0 saturated heterocycles. The highest BCUT2D eigenvalue weighted by molar-refractivity contribution is 6.35. The summed E-state index contributed by atoms with van der Waals surface area (Å²) in [5.41, 5.74) is 10.6. The molecule has 4 N–H and O–H groups in total. The van der Waals surface area contributed by atoms with Crippen molar-refractivity contribution in [1.82, 2.24) is 10.4 Å². The third-order valence-electron chi connectivity index (χ3n) is 6.00. The number of nitrogens with zero attached hydrogens (tertiary/aromatic N) is 2. The molecule has 0 radical (unpaired) electrons. The fourth-order valence-corrected chi connectivity index (χ4v) is 4.98. The van der Waals surface area contributed by atoms with E-state index in [-0.39, 0.29) is 34.9 Å². The lowest BCUT2D eigenvalue weighted by molar-refractivity contribution is -0.118. The van der Waals surface area contributed by atoms with Crippen molar-refractivity contribution in [2.75, 3.05) is 0 Å². The van der Waals surface area contributed by atoms with E-state index in [1.165, 1.54) is 29.3 Å². The molecule has 9 heteroatoms. The van der Waals surface area contributed by atoms with Crippen LogP contribution in [0.1, 0.15) is 48.5 Å². The smallest absolute Gasteiger partial charge is 0.270 e. The molecule has 4 rings (SSSR count). The Labute approximate surface area is 207 Å². The average molecular weight is 497 g/mol. The molecule has 1 aliphatic carbocycles. The predicted molar refractivity (Wildman–Crippen MR) is 128 cm³/mol. The molecule has 1 amide bonds. The summed E-state index contributed by atoms with van der Waals surface area (Å²) >= 11 is 12.6. The van der Waals surface area contributed by atoms with Gasteiger partial charge in [0.25, 0.3) is 5.91 Å². The van der Waals surface area contributed by atoms with Crippen molar-refractivity contribution < 1.29 is 14.7 Å². The number of allylic oxidation sites excluding steroid dienone is 3. The molecular weight excluding hydrogens is 475 g/mol. The molecule has 0 saturated carbocycles. The molecule has 2 aliphatic rings. The lowest BCUT2D eigenvalue weighted by Gasteiger charge is -2.43. The summed E-state index contributed by atoms with van der Waals surface area (Å²) in [4.78, 5) is 26.4. The summed E-state index contributed by atoms with van der Waals surface area (Å²) in [7, 11) is 0. The zero-order chi connectivity index (χ0) is 24.8. The van der Waals surface area contributed by atoms with E-state index in [4.69, 9.17) is 28.9 Å². The van der Waals surface area contributed by atoms with E-state index in [0.29, 0.717) is 33.3 Å². The monoisotopic (exact) mass is 496 g/mol. The van der Waals surface area contributed by atoms with Gasteiger partial charge in [0.1, 0.15) is 11.6 Å². The number of hydrogen-bond donors (Lipinski definition) is 3. The Morgan fingerprint density at radius 2 is 1.88 bits per heavy atom. The fourth-order valence-electron chi connectivity index (χ4n) is 4.46. The number of nitriles is 1. The second-order valence-corrected chi connectivity index (χ2v) is 9.98. The number of phenolic OH excluding ortho intramolecular Hbond substituents is 1. The van der Waals surface area contributed by atoms with Crippen molar-refractivity contribution in [3.63, 3.8) is 0 Å². The second kappa shape index (κ2) is 8.71. The quantitative estimate of drug-likeness (QED) is 0.562. The van der Waals surface area contributed by atoms with Gasteiger partial charge in [-0.1, -0.05) is 43.1 Å². The van der Waals surface area contributed by atoms with E-state index in [2.05, 4.69) is 11.5 Å². The molecule has 1 heterocycles. The highest BCUT2D eigenvalue weighted by Gasteiger charge is 2.45. The standard InChI is InChI=1S/C25H22Cl2N4O3/c1-25(2)10-19-22(20(33)11-25)21(16-8-5-14(26)9-18(16)27)17(12-28)23(29)31(19)30-24(34)13-3-6-15(32)7-4-13/h3-9,21,32H,10-11,29H2,1-2H3,(H,30,34). The van der Waals surface area contributed by atoms with Gasteiger partial charge in [-0.3, -0.25) is 15.0 Å². The van der Waals surface area contributed by atoms with Gasteiger partial charge in [-0.05, 0) is 53.8 Å². The SMILES string of the molecule is CC1(C)CC(=O)C2=C(C1)N(NC(=O)c1ccc(O)cc1)C(N)=C(C#N)C2c1ccc(Cl)cc1Cl. The summed E-state index contributed by atoms with van der Waals surface area (Å²) in [6.45, 7) is 3.91. The van der Waals surface area contributed by atoms with Crippen LogP contribution in [0.5, 0.6) is 5.75 Å². The highest BCUT2D eigenvalue weighted by atomic mass is 35.5. The molecule has 0 spiro atoms. The van der Waals surface area contributed by atoms with Crippen molar-refractivity contribution in [2.24, 2.45) is 11.1 Å². The number of rotatable bonds is 3. The van der Waals surface area contributed by atoms with Crippen LogP contribution >= 0.6 is 23.2 Å². The van der Waals surface area contributed by atoms with Gasteiger partial charge < -0.3 is 10.8 Å².